The third kappa shape index (κ3) is 3.23. The van der Waals surface area contributed by atoms with Gasteiger partial charge < -0.3 is 5.11 Å². The maximum Gasteiger partial charge on any atom is 0.309 e. The molecule has 1 unspecified atom stereocenters. The van der Waals surface area contributed by atoms with Crippen LogP contribution in [-0.4, -0.2) is 11.1 Å². The highest BCUT2D eigenvalue weighted by atomic mass is 16.4. The number of allylic oxidation sites excluding steroid dienone is 1. The van der Waals surface area contributed by atoms with E-state index in [0.29, 0.717) is 12.8 Å². The van der Waals surface area contributed by atoms with Crippen molar-refractivity contribution in [2.45, 2.75) is 26.7 Å². The Morgan fingerprint density at radius 2 is 2.00 bits per heavy atom. The Kier molecular flexibility index (Phi) is 4.29. The van der Waals surface area contributed by atoms with Crippen molar-refractivity contribution in [3.8, 4) is 0 Å². The Bertz CT molecular complexity index is 368. The van der Waals surface area contributed by atoms with Gasteiger partial charge in [-0.25, -0.2) is 0 Å². The topological polar surface area (TPSA) is 37.3 Å². The molecule has 2 nitrogen and oxygen atoms in total. The molecule has 0 bridgehead atoms. The van der Waals surface area contributed by atoms with E-state index < -0.39 is 11.4 Å². The quantitative estimate of drug-likeness (QED) is 0.820. The number of carboxylic acids is 1. The van der Waals surface area contributed by atoms with Gasteiger partial charge in [0.05, 0.1) is 5.41 Å². The lowest BCUT2D eigenvalue weighted by atomic mass is 9.84. The average molecular weight is 218 g/mol. The van der Waals surface area contributed by atoms with E-state index in [9.17, 15) is 4.79 Å². The molecule has 0 aromatic heterocycles. The zero-order valence-corrected chi connectivity index (χ0v) is 9.81. The van der Waals surface area contributed by atoms with Gasteiger partial charge in [-0.2, -0.15) is 0 Å². The van der Waals surface area contributed by atoms with Crippen molar-refractivity contribution in [2.24, 2.45) is 5.41 Å². The fourth-order valence-electron chi connectivity index (χ4n) is 1.40. The summed E-state index contributed by atoms with van der Waals surface area (Å²) >= 11 is 0. The summed E-state index contributed by atoms with van der Waals surface area (Å²) in [6, 6.07) is 9.90. The minimum absolute atomic E-state index is 0.563. The van der Waals surface area contributed by atoms with Gasteiger partial charge in [-0.15, -0.1) is 0 Å². The summed E-state index contributed by atoms with van der Waals surface area (Å²) in [6.07, 6.45) is 5.11. The number of aliphatic carboxylic acids is 1. The molecule has 0 aliphatic heterocycles. The molecule has 0 saturated carbocycles. The van der Waals surface area contributed by atoms with Crippen molar-refractivity contribution >= 4 is 12.0 Å². The molecule has 0 spiro atoms. The molecule has 1 atom stereocenters. The van der Waals surface area contributed by atoms with E-state index in [4.69, 9.17) is 5.11 Å². The van der Waals surface area contributed by atoms with Crippen molar-refractivity contribution in [3.05, 3.63) is 42.0 Å². The Labute approximate surface area is 96.6 Å². The molecule has 1 aromatic carbocycles. The first-order valence-corrected chi connectivity index (χ1v) is 5.53. The molecule has 0 aliphatic carbocycles. The van der Waals surface area contributed by atoms with Crippen LogP contribution >= 0.6 is 0 Å². The number of hydrogen-bond acceptors (Lipinski definition) is 1. The summed E-state index contributed by atoms with van der Waals surface area (Å²) in [5.74, 6) is -0.729. The highest BCUT2D eigenvalue weighted by molar-refractivity contribution is 5.74. The Morgan fingerprint density at radius 3 is 2.50 bits per heavy atom. The Balaban J connectivity index is 2.63. The van der Waals surface area contributed by atoms with Gasteiger partial charge in [0, 0.05) is 0 Å². The molecule has 16 heavy (non-hydrogen) atoms. The molecule has 0 heterocycles. The Morgan fingerprint density at radius 1 is 1.38 bits per heavy atom. The maximum atomic E-state index is 11.1. The molecular formula is C14H18O2. The minimum atomic E-state index is -0.729. The number of benzene rings is 1. The van der Waals surface area contributed by atoms with Crippen LogP contribution in [0.2, 0.25) is 0 Å². The first kappa shape index (κ1) is 12.5. The van der Waals surface area contributed by atoms with Crippen LogP contribution in [0.4, 0.5) is 0 Å². The SMILES string of the molecule is CCC(C)(CC=Cc1ccccc1)C(=O)O. The van der Waals surface area contributed by atoms with Gasteiger partial charge in [-0.3, -0.25) is 4.79 Å². The van der Waals surface area contributed by atoms with Crippen LogP contribution in [0.1, 0.15) is 32.3 Å². The normalized spacial score (nSPS) is 14.9. The molecule has 1 aromatic rings. The summed E-state index contributed by atoms with van der Waals surface area (Å²) in [6.45, 7) is 3.69. The molecular weight excluding hydrogens is 200 g/mol. The summed E-state index contributed by atoms with van der Waals surface area (Å²) < 4.78 is 0. The minimum Gasteiger partial charge on any atom is -0.481 e. The predicted molar refractivity (Wildman–Crippen MR) is 66.1 cm³/mol. The van der Waals surface area contributed by atoms with Gasteiger partial charge in [0.25, 0.3) is 0 Å². The van der Waals surface area contributed by atoms with E-state index in [-0.39, 0.29) is 0 Å². The Hall–Kier alpha value is -1.57. The van der Waals surface area contributed by atoms with E-state index in [1.54, 1.807) is 6.92 Å². The van der Waals surface area contributed by atoms with E-state index >= 15 is 0 Å². The van der Waals surface area contributed by atoms with Gasteiger partial charge in [0.15, 0.2) is 0 Å². The van der Waals surface area contributed by atoms with Gasteiger partial charge >= 0.3 is 5.97 Å². The third-order valence-corrected chi connectivity index (χ3v) is 2.97. The first-order chi connectivity index (χ1) is 7.58. The highest BCUT2D eigenvalue weighted by Gasteiger charge is 2.29. The lowest BCUT2D eigenvalue weighted by Crippen LogP contribution is -2.25. The van der Waals surface area contributed by atoms with Crippen LogP contribution in [0.15, 0.2) is 36.4 Å². The summed E-state index contributed by atoms with van der Waals surface area (Å²) in [4.78, 5) is 11.1. The number of carboxylic acid groups (broad SMARTS) is 1. The zero-order valence-electron chi connectivity index (χ0n) is 9.81. The second kappa shape index (κ2) is 5.50. The van der Waals surface area contributed by atoms with Gasteiger partial charge in [-0.05, 0) is 25.3 Å². The molecule has 0 amide bonds. The lowest BCUT2D eigenvalue weighted by Gasteiger charge is -2.20. The summed E-state index contributed by atoms with van der Waals surface area (Å²) in [5, 5.41) is 9.10. The highest BCUT2D eigenvalue weighted by Crippen LogP contribution is 2.26. The van der Waals surface area contributed by atoms with Crippen LogP contribution in [-0.2, 0) is 4.79 Å². The van der Waals surface area contributed by atoms with Crippen molar-refractivity contribution < 1.29 is 9.90 Å². The first-order valence-electron chi connectivity index (χ1n) is 5.53. The number of hydrogen-bond donors (Lipinski definition) is 1. The van der Waals surface area contributed by atoms with Gasteiger partial charge in [-0.1, -0.05) is 49.4 Å². The fourth-order valence-corrected chi connectivity index (χ4v) is 1.40. The van der Waals surface area contributed by atoms with Crippen LogP contribution in [0, 0.1) is 5.41 Å². The van der Waals surface area contributed by atoms with E-state index in [0.717, 1.165) is 5.56 Å². The number of rotatable bonds is 5. The largest absolute Gasteiger partial charge is 0.481 e. The molecule has 0 aliphatic rings. The maximum absolute atomic E-state index is 11.1. The molecule has 0 saturated heterocycles. The molecule has 2 heteroatoms. The monoisotopic (exact) mass is 218 g/mol. The molecule has 1 N–H and O–H groups in total. The van der Waals surface area contributed by atoms with Crippen LogP contribution in [0.3, 0.4) is 0 Å². The predicted octanol–water partition coefficient (Wildman–Crippen LogP) is 3.59. The molecule has 0 radical (unpaired) electrons. The smallest absolute Gasteiger partial charge is 0.309 e. The van der Waals surface area contributed by atoms with Crippen LogP contribution in [0.25, 0.3) is 6.08 Å². The van der Waals surface area contributed by atoms with Crippen molar-refractivity contribution in [1.82, 2.24) is 0 Å². The second-order valence-corrected chi connectivity index (χ2v) is 4.24. The molecule has 1 rings (SSSR count). The van der Waals surface area contributed by atoms with Crippen LogP contribution < -0.4 is 0 Å². The standard InChI is InChI=1S/C14H18O2/c1-3-14(2,13(15)16)11-7-10-12-8-5-4-6-9-12/h4-10H,3,11H2,1-2H3,(H,15,16). The fraction of sp³-hybridized carbons (Fsp3) is 0.357. The van der Waals surface area contributed by atoms with E-state index in [1.807, 2.05) is 49.4 Å². The lowest BCUT2D eigenvalue weighted by molar-refractivity contribution is -0.147. The summed E-state index contributed by atoms with van der Waals surface area (Å²) in [5.41, 5.74) is 0.456. The van der Waals surface area contributed by atoms with Crippen molar-refractivity contribution in [1.29, 1.82) is 0 Å². The second-order valence-electron chi connectivity index (χ2n) is 4.24. The van der Waals surface area contributed by atoms with E-state index in [2.05, 4.69) is 0 Å². The summed E-state index contributed by atoms with van der Waals surface area (Å²) in [7, 11) is 0. The molecule has 0 fully saturated rings. The zero-order chi connectivity index (χ0) is 12.0. The van der Waals surface area contributed by atoms with E-state index in [1.165, 1.54) is 0 Å². The van der Waals surface area contributed by atoms with Gasteiger partial charge in [0.2, 0.25) is 0 Å². The molecule has 86 valence electrons. The van der Waals surface area contributed by atoms with Crippen LogP contribution in [0.5, 0.6) is 0 Å². The van der Waals surface area contributed by atoms with Crippen molar-refractivity contribution in [2.75, 3.05) is 0 Å². The number of carbonyl (C=O) groups is 1. The van der Waals surface area contributed by atoms with Gasteiger partial charge in [0.1, 0.15) is 0 Å². The third-order valence-electron chi connectivity index (χ3n) is 2.97. The average Bonchev–Trinajstić information content (AvgIpc) is 2.30. The van der Waals surface area contributed by atoms with Crippen molar-refractivity contribution in [3.63, 3.8) is 0 Å².